The Hall–Kier alpha value is -2.18. The second kappa shape index (κ2) is 8.18. The van der Waals surface area contributed by atoms with Gasteiger partial charge in [-0.3, -0.25) is 4.57 Å². The van der Waals surface area contributed by atoms with Crippen LogP contribution in [0.2, 0.25) is 0 Å². The molecule has 0 aliphatic heterocycles. The van der Waals surface area contributed by atoms with Gasteiger partial charge < -0.3 is 10.1 Å². The molecule has 2 heterocycles. The van der Waals surface area contributed by atoms with Crippen molar-refractivity contribution >= 4 is 5.95 Å². The predicted octanol–water partition coefficient (Wildman–Crippen LogP) is 2.45. The molecule has 7 heteroatoms. The second-order valence-corrected chi connectivity index (χ2v) is 4.65. The van der Waals surface area contributed by atoms with E-state index in [2.05, 4.69) is 32.2 Å². The Kier molecular flexibility index (Phi) is 5.93. The molecule has 2 aromatic rings. The molecule has 0 unspecified atom stereocenters. The van der Waals surface area contributed by atoms with Crippen LogP contribution in [-0.2, 0) is 0 Å². The molecule has 0 amide bonds. The number of nitrogens with one attached hydrogen (secondary N) is 1. The second-order valence-electron chi connectivity index (χ2n) is 4.65. The minimum Gasteiger partial charge on any atom is -0.463 e. The topological polar surface area (TPSA) is 77.8 Å². The van der Waals surface area contributed by atoms with Crippen molar-refractivity contribution in [2.24, 2.45) is 0 Å². The van der Waals surface area contributed by atoms with Crippen molar-refractivity contribution in [2.75, 3.05) is 18.5 Å². The van der Waals surface area contributed by atoms with E-state index in [-0.39, 0.29) is 0 Å². The van der Waals surface area contributed by atoms with E-state index >= 15 is 0 Å². The van der Waals surface area contributed by atoms with Crippen molar-refractivity contribution in [2.45, 2.75) is 39.5 Å². The molecule has 0 bridgehead atoms. The molecule has 0 aliphatic carbocycles. The molecule has 0 aromatic carbocycles. The molecule has 2 aromatic heterocycles. The first-order chi connectivity index (χ1) is 10.3. The SMILES string of the molecule is CCCCCCOc1nc(NCC)nc(-n2ccnc2)n1. The highest BCUT2D eigenvalue weighted by atomic mass is 16.5. The number of hydrogen-bond acceptors (Lipinski definition) is 6. The lowest BCUT2D eigenvalue weighted by molar-refractivity contribution is 0.281. The van der Waals surface area contributed by atoms with E-state index in [4.69, 9.17) is 4.74 Å². The van der Waals surface area contributed by atoms with Gasteiger partial charge in [0.1, 0.15) is 6.33 Å². The zero-order valence-electron chi connectivity index (χ0n) is 12.6. The van der Waals surface area contributed by atoms with Gasteiger partial charge in [0.25, 0.3) is 0 Å². The summed E-state index contributed by atoms with van der Waals surface area (Å²) in [7, 11) is 0. The van der Waals surface area contributed by atoms with Gasteiger partial charge in [-0.1, -0.05) is 26.2 Å². The van der Waals surface area contributed by atoms with Crippen LogP contribution in [-0.4, -0.2) is 37.7 Å². The Morgan fingerprint density at radius 2 is 2.05 bits per heavy atom. The molecule has 0 fully saturated rings. The van der Waals surface area contributed by atoms with Crippen molar-refractivity contribution in [1.29, 1.82) is 0 Å². The number of imidazole rings is 1. The summed E-state index contributed by atoms with van der Waals surface area (Å²) < 4.78 is 7.37. The monoisotopic (exact) mass is 290 g/mol. The minimum absolute atomic E-state index is 0.348. The summed E-state index contributed by atoms with van der Waals surface area (Å²) >= 11 is 0. The number of ether oxygens (including phenoxy) is 1. The van der Waals surface area contributed by atoms with Crippen LogP contribution in [0.5, 0.6) is 6.01 Å². The van der Waals surface area contributed by atoms with Crippen LogP contribution in [0.3, 0.4) is 0 Å². The summed E-state index contributed by atoms with van der Waals surface area (Å²) in [5, 5.41) is 3.09. The normalized spacial score (nSPS) is 10.6. The summed E-state index contributed by atoms with van der Waals surface area (Å²) in [5.41, 5.74) is 0. The Balaban J connectivity index is 2.05. The quantitative estimate of drug-likeness (QED) is 0.715. The number of unbranched alkanes of at least 4 members (excludes halogenated alkanes) is 3. The third-order valence-electron chi connectivity index (χ3n) is 2.90. The van der Waals surface area contributed by atoms with Crippen LogP contribution in [0.4, 0.5) is 5.95 Å². The number of hydrogen-bond donors (Lipinski definition) is 1. The fraction of sp³-hybridized carbons (Fsp3) is 0.571. The van der Waals surface area contributed by atoms with E-state index in [0.29, 0.717) is 24.5 Å². The van der Waals surface area contributed by atoms with Gasteiger partial charge >= 0.3 is 6.01 Å². The zero-order valence-corrected chi connectivity index (χ0v) is 12.6. The summed E-state index contributed by atoms with van der Waals surface area (Å²) in [6.07, 6.45) is 9.73. The molecule has 0 saturated heterocycles. The molecule has 0 saturated carbocycles. The molecule has 0 atom stereocenters. The van der Waals surface area contributed by atoms with Crippen molar-refractivity contribution in [1.82, 2.24) is 24.5 Å². The Labute approximate surface area is 124 Å². The predicted molar refractivity (Wildman–Crippen MR) is 80.7 cm³/mol. The van der Waals surface area contributed by atoms with E-state index in [9.17, 15) is 0 Å². The fourth-order valence-corrected chi connectivity index (χ4v) is 1.83. The first-order valence-electron chi connectivity index (χ1n) is 7.44. The maximum atomic E-state index is 5.64. The van der Waals surface area contributed by atoms with Crippen LogP contribution >= 0.6 is 0 Å². The molecule has 0 aliphatic rings. The molecule has 2 rings (SSSR count). The summed E-state index contributed by atoms with van der Waals surface area (Å²) in [6.45, 7) is 5.54. The number of aromatic nitrogens is 5. The summed E-state index contributed by atoms with van der Waals surface area (Å²) in [6, 6.07) is 0.348. The van der Waals surface area contributed by atoms with Crippen LogP contribution in [0.25, 0.3) is 5.95 Å². The van der Waals surface area contributed by atoms with Gasteiger partial charge in [-0.15, -0.1) is 0 Å². The first kappa shape index (κ1) is 15.2. The third-order valence-corrected chi connectivity index (χ3v) is 2.90. The maximum absolute atomic E-state index is 5.64. The average Bonchev–Trinajstić information content (AvgIpc) is 3.01. The highest BCUT2D eigenvalue weighted by Crippen LogP contribution is 2.11. The van der Waals surface area contributed by atoms with Gasteiger partial charge in [-0.2, -0.15) is 15.0 Å². The van der Waals surface area contributed by atoms with Crippen molar-refractivity contribution in [3.8, 4) is 12.0 Å². The lowest BCUT2D eigenvalue weighted by atomic mass is 10.2. The van der Waals surface area contributed by atoms with Crippen LogP contribution < -0.4 is 10.1 Å². The minimum atomic E-state index is 0.348. The summed E-state index contributed by atoms with van der Waals surface area (Å²) in [5.74, 6) is 1.02. The summed E-state index contributed by atoms with van der Waals surface area (Å²) in [4.78, 5) is 16.9. The maximum Gasteiger partial charge on any atom is 0.323 e. The van der Waals surface area contributed by atoms with Gasteiger partial charge in [0, 0.05) is 18.9 Å². The van der Waals surface area contributed by atoms with Gasteiger partial charge in [-0.25, -0.2) is 4.98 Å². The lowest BCUT2D eigenvalue weighted by Crippen LogP contribution is -2.10. The molecule has 7 nitrogen and oxygen atoms in total. The standard InChI is InChI=1S/C14H22N6O/c1-3-5-6-7-10-21-14-18-12(16-4-2)17-13(19-14)20-9-8-15-11-20/h8-9,11H,3-7,10H2,1-2H3,(H,16,17,18,19). The zero-order chi connectivity index (χ0) is 14.9. The molecule has 1 N–H and O–H groups in total. The molecule has 114 valence electrons. The molecule has 21 heavy (non-hydrogen) atoms. The smallest absolute Gasteiger partial charge is 0.323 e. The van der Waals surface area contributed by atoms with E-state index in [1.807, 2.05) is 6.92 Å². The van der Waals surface area contributed by atoms with E-state index in [0.717, 1.165) is 19.4 Å². The third kappa shape index (κ3) is 4.70. The van der Waals surface area contributed by atoms with E-state index in [1.165, 1.54) is 12.8 Å². The van der Waals surface area contributed by atoms with Crippen molar-refractivity contribution in [3.05, 3.63) is 18.7 Å². The number of rotatable bonds is 9. The van der Waals surface area contributed by atoms with Crippen LogP contribution in [0.15, 0.2) is 18.7 Å². The molecule has 0 spiro atoms. The van der Waals surface area contributed by atoms with Gasteiger partial charge in [0.2, 0.25) is 11.9 Å². The lowest BCUT2D eigenvalue weighted by Gasteiger charge is -2.09. The van der Waals surface area contributed by atoms with E-state index in [1.54, 1.807) is 23.3 Å². The largest absolute Gasteiger partial charge is 0.463 e. The number of nitrogens with zero attached hydrogens (tertiary/aromatic N) is 5. The number of anilines is 1. The highest BCUT2D eigenvalue weighted by molar-refractivity contribution is 5.30. The van der Waals surface area contributed by atoms with Crippen LogP contribution in [0.1, 0.15) is 39.5 Å². The molecular formula is C14H22N6O. The van der Waals surface area contributed by atoms with Gasteiger partial charge in [0.15, 0.2) is 0 Å². The molecular weight excluding hydrogens is 268 g/mol. The average molecular weight is 290 g/mol. The van der Waals surface area contributed by atoms with Crippen molar-refractivity contribution in [3.63, 3.8) is 0 Å². The van der Waals surface area contributed by atoms with Crippen molar-refractivity contribution < 1.29 is 4.74 Å². The Morgan fingerprint density at radius 1 is 1.14 bits per heavy atom. The van der Waals surface area contributed by atoms with Gasteiger partial charge in [-0.05, 0) is 13.3 Å². The fourth-order valence-electron chi connectivity index (χ4n) is 1.83. The van der Waals surface area contributed by atoms with Crippen LogP contribution in [0, 0.1) is 0 Å². The Morgan fingerprint density at radius 3 is 2.76 bits per heavy atom. The van der Waals surface area contributed by atoms with Gasteiger partial charge in [0.05, 0.1) is 6.61 Å². The molecule has 0 radical (unpaired) electrons. The van der Waals surface area contributed by atoms with E-state index < -0.39 is 0 Å². The highest BCUT2D eigenvalue weighted by Gasteiger charge is 2.08. The first-order valence-corrected chi connectivity index (χ1v) is 7.44. The Bertz CT molecular complexity index is 528.